The first-order valence-electron chi connectivity index (χ1n) is 11.4. The van der Waals surface area contributed by atoms with E-state index in [1.165, 1.54) is 0 Å². The standard InChI is InChI=1S/C28H29O5P/c1-28(2)32-20-25(33-28)21(19-29)17-18-31-27(30)24-15-9-10-16-26(24)34(22-11-5-3-6-12-22)23-13-7-4-8-14-23/h3-16,19,21,25H,17-18,20H2,1-2H3/t21?,25-/m1/s1. The van der Waals surface area contributed by atoms with Crippen LogP contribution in [0.5, 0.6) is 0 Å². The molecule has 1 saturated heterocycles. The van der Waals surface area contributed by atoms with Crippen molar-refractivity contribution in [3.05, 3.63) is 90.5 Å². The fourth-order valence-corrected chi connectivity index (χ4v) is 6.49. The van der Waals surface area contributed by atoms with E-state index in [1.54, 1.807) is 0 Å². The Bertz CT molecular complexity index is 1060. The number of carbonyl (C=O) groups excluding carboxylic acids is 2. The van der Waals surface area contributed by atoms with Gasteiger partial charge in [-0.25, -0.2) is 4.79 Å². The molecule has 4 rings (SSSR count). The highest BCUT2D eigenvalue weighted by Crippen LogP contribution is 2.34. The zero-order chi connectivity index (χ0) is 24.0. The van der Waals surface area contributed by atoms with Crippen molar-refractivity contribution in [1.82, 2.24) is 0 Å². The maximum atomic E-state index is 13.2. The van der Waals surface area contributed by atoms with Crippen LogP contribution in [-0.2, 0) is 19.0 Å². The Morgan fingerprint density at radius 2 is 1.59 bits per heavy atom. The molecule has 1 fully saturated rings. The Hall–Kier alpha value is -2.85. The minimum absolute atomic E-state index is 0.130. The van der Waals surface area contributed by atoms with Crippen LogP contribution in [0.25, 0.3) is 0 Å². The van der Waals surface area contributed by atoms with E-state index in [9.17, 15) is 9.59 Å². The monoisotopic (exact) mass is 476 g/mol. The molecule has 3 aromatic carbocycles. The van der Waals surface area contributed by atoms with Gasteiger partial charge in [-0.15, -0.1) is 0 Å². The van der Waals surface area contributed by atoms with Crippen molar-refractivity contribution in [2.75, 3.05) is 13.2 Å². The molecule has 0 amide bonds. The summed E-state index contributed by atoms with van der Waals surface area (Å²) in [5, 5.41) is 3.26. The van der Waals surface area contributed by atoms with E-state index in [-0.39, 0.29) is 18.7 Å². The van der Waals surface area contributed by atoms with Crippen molar-refractivity contribution in [2.45, 2.75) is 32.2 Å². The smallest absolute Gasteiger partial charge is 0.338 e. The summed E-state index contributed by atoms with van der Waals surface area (Å²) in [6.45, 7) is 4.13. The first kappa shape index (κ1) is 24.3. The van der Waals surface area contributed by atoms with E-state index < -0.39 is 19.6 Å². The Kier molecular flexibility index (Phi) is 7.89. The summed E-state index contributed by atoms with van der Waals surface area (Å²) in [7, 11) is -0.941. The highest BCUT2D eigenvalue weighted by molar-refractivity contribution is 7.80. The first-order valence-corrected chi connectivity index (χ1v) is 12.8. The summed E-state index contributed by atoms with van der Waals surface area (Å²) >= 11 is 0. The first-order chi connectivity index (χ1) is 16.5. The van der Waals surface area contributed by atoms with E-state index in [4.69, 9.17) is 14.2 Å². The molecule has 0 radical (unpaired) electrons. The van der Waals surface area contributed by atoms with Crippen LogP contribution in [0.4, 0.5) is 0 Å². The van der Waals surface area contributed by atoms with E-state index in [2.05, 4.69) is 24.3 Å². The molecule has 5 nitrogen and oxygen atoms in total. The van der Waals surface area contributed by atoms with Crippen LogP contribution in [0.15, 0.2) is 84.9 Å². The molecule has 3 aromatic rings. The van der Waals surface area contributed by atoms with Gasteiger partial charge in [0.2, 0.25) is 0 Å². The van der Waals surface area contributed by atoms with Gasteiger partial charge in [-0.05, 0) is 50.2 Å². The quantitative estimate of drug-likeness (QED) is 0.266. The Morgan fingerprint density at radius 1 is 1.00 bits per heavy atom. The Labute approximate surface area is 201 Å². The second-order valence-electron chi connectivity index (χ2n) is 8.62. The zero-order valence-electron chi connectivity index (χ0n) is 19.4. The van der Waals surface area contributed by atoms with Crippen LogP contribution in [0.2, 0.25) is 0 Å². The van der Waals surface area contributed by atoms with Crippen LogP contribution in [0.1, 0.15) is 30.6 Å². The van der Waals surface area contributed by atoms with Crippen LogP contribution in [-0.4, -0.2) is 37.4 Å². The lowest BCUT2D eigenvalue weighted by atomic mass is 10.0. The molecule has 176 valence electrons. The van der Waals surface area contributed by atoms with Gasteiger partial charge < -0.3 is 19.0 Å². The van der Waals surface area contributed by atoms with Gasteiger partial charge in [-0.2, -0.15) is 0 Å². The summed E-state index contributed by atoms with van der Waals surface area (Å²) in [4.78, 5) is 24.8. The molecule has 0 saturated carbocycles. The van der Waals surface area contributed by atoms with Gasteiger partial charge in [-0.3, -0.25) is 0 Å². The number of esters is 1. The summed E-state index contributed by atoms with van der Waals surface area (Å²) < 4.78 is 17.0. The third-order valence-electron chi connectivity index (χ3n) is 5.76. The number of rotatable bonds is 9. The molecule has 0 N–H and O–H groups in total. The van der Waals surface area contributed by atoms with Crippen LogP contribution < -0.4 is 15.9 Å². The van der Waals surface area contributed by atoms with Crippen molar-refractivity contribution < 1.29 is 23.8 Å². The average molecular weight is 477 g/mol. The number of hydrogen-bond acceptors (Lipinski definition) is 5. The number of hydrogen-bond donors (Lipinski definition) is 0. The van der Waals surface area contributed by atoms with Crippen LogP contribution in [0.3, 0.4) is 0 Å². The normalized spacial score (nSPS) is 17.9. The molecule has 0 bridgehead atoms. The van der Waals surface area contributed by atoms with E-state index in [1.807, 2.05) is 74.5 Å². The molecule has 0 spiro atoms. The lowest BCUT2D eigenvalue weighted by molar-refractivity contribution is -0.147. The van der Waals surface area contributed by atoms with Crippen molar-refractivity contribution in [1.29, 1.82) is 0 Å². The predicted octanol–water partition coefficient (Wildman–Crippen LogP) is 3.96. The molecule has 0 aromatic heterocycles. The summed E-state index contributed by atoms with van der Waals surface area (Å²) in [6.07, 6.45) is 0.914. The fourth-order valence-electron chi connectivity index (χ4n) is 4.06. The lowest BCUT2D eigenvalue weighted by Crippen LogP contribution is -2.29. The number of benzene rings is 3. The predicted molar refractivity (Wildman–Crippen MR) is 135 cm³/mol. The van der Waals surface area contributed by atoms with Crippen molar-refractivity contribution in [3.63, 3.8) is 0 Å². The highest BCUT2D eigenvalue weighted by atomic mass is 31.1. The topological polar surface area (TPSA) is 61.8 Å². The third kappa shape index (κ3) is 5.79. The van der Waals surface area contributed by atoms with E-state index in [0.29, 0.717) is 18.6 Å². The molecular formula is C28H29O5P. The minimum Gasteiger partial charge on any atom is -0.462 e. The summed E-state index contributed by atoms with van der Waals surface area (Å²) in [5.74, 6) is -1.48. The lowest BCUT2D eigenvalue weighted by Gasteiger charge is -2.22. The molecule has 34 heavy (non-hydrogen) atoms. The van der Waals surface area contributed by atoms with E-state index >= 15 is 0 Å². The van der Waals surface area contributed by atoms with Gasteiger partial charge >= 0.3 is 5.97 Å². The highest BCUT2D eigenvalue weighted by Gasteiger charge is 2.37. The molecular weight excluding hydrogens is 447 g/mol. The van der Waals surface area contributed by atoms with Crippen LogP contribution in [0, 0.1) is 5.92 Å². The molecule has 1 unspecified atom stereocenters. The largest absolute Gasteiger partial charge is 0.462 e. The second-order valence-corrected chi connectivity index (χ2v) is 10.8. The maximum absolute atomic E-state index is 13.2. The maximum Gasteiger partial charge on any atom is 0.338 e. The van der Waals surface area contributed by atoms with Crippen LogP contribution >= 0.6 is 7.92 Å². The molecule has 1 aliphatic rings. The Balaban J connectivity index is 1.52. The average Bonchev–Trinajstić information content (AvgIpc) is 3.23. The molecule has 1 aliphatic heterocycles. The molecule has 0 aliphatic carbocycles. The van der Waals surface area contributed by atoms with Gasteiger partial charge in [0.05, 0.1) is 24.9 Å². The van der Waals surface area contributed by atoms with E-state index in [0.717, 1.165) is 22.2 Å². The van der Waals surface area contributed by atoms with Gasteiger partial charge in [-0.1, -0.05) is 78.9 Å². The van der Waals surface area contributed by atoms with Gasteiger partial charge in [0.1, 0.15) is 6.29 Å². The zero-order valence-corrected chi connectivity index (χ0v) is 20.3. The summed E-state index contributed by atoms with van der Waals surface area (Å²) in [5.41, 5.74) is 0.547. The molecule has 2 atom stereocenters. The molecule has 6 heteroatoms. The number of aldehydes is 1. The summed E-state index contributed by atoms with van der Waals surface area (Å²) in [6, 6.07) is 28.1. The SMILES string of the molecule is CC1(C)OC[C@H](C(C=O)CCOC(=O)c2ccccc2P(c2ccccc2)c2ccccc2)O1. The van der Waals surface area contributed by atoms with Crippen molar-refractivity contribution in [2.24, 2.45) is 5.92 Å². The second kappa shape index (κ2) is 11.1. The van der Waals surface area contributed by atoms with Gasteiger partial charge in [0, 0.05) is 5.92 Å². The number of ether oxygens (including phenoxy) is 3. The van der Waals surface area contributed by atoms with Crippen molar-refractivity contribution in [3.8, 4) is 0 Å². The minimum atomic E-state index is -0.941. The molecule has 1 heterocycles. The van der Waals surface area contributed by atoms with Gasteiger partial charge in [0.25, 0.3) is 0 Å². The van der Waals surface area contributed by atoms with Gasteiger partial charge in [0.15, 0.2) is 5.79 Å². The fraction of sp³-hybridized carbons (Fsp3) is 0.286. The Morgan fingerprint density at radius 3 is 2.15 bits per heavy atom. The van der Waals surface area contributed by atoms with Crippen molar-refractivity contribution >= 4 is 36.1 Å². The third-order valence-corrected chi connectivity index (χ3v) is 8.26. The number of carbonyl (C=O) groups is 2.